The van der Waals surface area contributed by atoms with Gasteiger partial charge in [0.15, 0.2) is 6.54 Å². The molecule has 7 heteroatoms. The van der Waals surface area contributed by atoms with Crippen LogP contribution in [0.5, 0.6) is 0 Å². The van der Waals surface area contributed by atoms with E-state index in [1.54, 1.807) is 0 Å². The number of rotatable bonds is 6. The Balaban J connectivity index is 2.03. The Kier molecular flexibility index (Phi) is 6.58. The van der Waals surface area contributed by atoms with Gasteiger partial charge in [-0.25, -0.2) is 4.79 Å². The summed E-state index contributed by atoms with van der Waals surface area (Å²) in [5, 5.41) is 5.95. The molecule has 0 aliphatic carbocycles. The first-order valence-electron chi connectivity index (χ1n) is 7.91. The molecule has 5 nitrogen and oxygen atoms in total. The Bertz CT molecular complexity index is 789. The van der Waals surface area contributed by atoms with Crippen molar-refractivity contribution in [3.05, 3.63) is 50.9 Å². The number of carbonyl (C=O) groups excluding carboxylic acids is 2. The minimum Gasteiger partial charge on any atom is -0.465 e. The van der Waals surface area contributed by atoms with E-state index in [0.29, 0.717) is 15.6 Å². The summed E-state index contributed by atoms with van der Waals surface area (Å²) >= 11 is 7.56. The predicted octanol–water partition coefficient (Wildman–Crippen LogP) is 3.07. The number of aryl methyl sites for hydroxylation is 1. The molecule has 0 unspecified atom stereocenters. The molecule has 134 valence electrons. The molecule has 0 aliphatic heterocycles. The first kappa shape index (κ1) is 19.4. The van der Waals surface area contributed by atoms with E-state index < -0.39 is 5.97 Å². The summed E-state index contributed by atoms with van der Waals surface area (Å²) in [6, 6.07) is 7.63. The highest BCUT2D eigenvalue weighted by atomic mass is 35.5. The molecule has 0 radical (unpaired) electrons. The number of benzene rings is 1. The largest absolute Gasteiger partial charge is 0.465 e. The Labute approximate surface area is 156 Å². The van der Waals surface area contributed by atoms with E-state index in [9.17, 15) is 9.59 Å². The van der Waals surface area contributed by atoms with E-state index in [1.807, 2.05) is 50.4 Å². The summed E-state index contributed by atoms with van der Waals surface area (Å²) < 4.78 is 4.82. The van der Waals surface area contributed by atoms with Gasteiger partial charge in [-0.05, 0) is 32.4 Å². The summed E-state index contributed by atoms with van der Waals surface area (Å²) in [6.45, 7) is 5.98. The molecule has 1 aromatic heterocycles. The van der Waals surface area contributed by atoms with Crippen molar-refractivity contribution >= 4 is 39.8 Å². The van der Waals surface area contributed by atoms with Crippen LogP contribution in [0.25, 0.3) is 0 Å². The van der Waals surface area contributed by atoms with Crippen LogP contribution in [0, 0.1) is 13.8 Å². The lowest BCUT2D eigenvalue weighted by molar-refractivity contribution is -0.682. The number of quaternary nitrogens is 1. The molecule has 1 heterocycles. The van der Waals surface area contributed by atoms with Crippen molar-refractivity contribution in [2.75, 3.05) is 19.0 Å². The number of esters is 1. The average molecular weight is 382 g/mol. The van der Waals surface area contributed by atoms with Gasteiger partial charge in [-0.15, -0.1) is 11.3 Å². The SMILES string of the molecule is COC(=O)c1c(NC(=O)C[NH2+][C@@H](C)c2ccccc2Cl)sc(C)c1C. The third-order valence-corrected chi connectivity index (χ3v) is 5.55. The maximum atomic E-state index is 12.3. The standard InChI is InChI=1S/C18H21ClN2O3S/c1-10-12(3)25-17(16(10)18(23)24-4)21-15(22)9-20-11(2)13-7-5-6-8-14(13)19/h5-8,11,20H,9H2,1-4H3,(H,21,22)/p+1/t11-/m0/s1. The van der Waals surface area contributed by atoms with Crippen LogP contribution in [0.3, 0.4) is 0 Å². The molecule has 0 saturated carbocycles. The quantitative estimate of drug-likeness (QED) is 0.755. The number of methoxy groups -OCH3 is 1. The molecule has 2 rings (SSSR count). The maximum absolute atomic E-state index is 12.3. The Hall–Kier alpha value is -1.89. The fraction of sp³-hybridized carbons (Fsp3) is 0.333. The molecule has 25 heavy (non-hydrogen) atoms. The molecule has 1 aromatic carbocycles. The number of ether oxygens (including phenoxy) is 1. The van der Waals surface area contributed by atoms with Gasteiger partial charge in [-0.1, -0.05) is 29.8 Å². The summed E-state index contributed by atoms with van der Waals surface area (Å²) in [4.78, 5) is 25.2. The van der Waals surface area contributed by atoms with Crippen LogP contribution in [-0.2, 0) is 9.53 Å². The number of carbonyl (C=O) groups is 2. The summed E-state index contributed by atoms with van der Waals surface area (Å²) in [5.41, 5.74) is 2.24. The van der Waals surface area contributed by atoms with E-state index >= 15 is 0 Å². The van der Waals surface area contributed by atoms with Gasteiger partial charge in [0.2, 0.25) is 0 Å². The third-order valence-electron chi connectivity index (χ3n) is 4.08. The second kappa shape index (κ2) is 8.47. The molecule has 0 spiro atoms. The minimum atomic E-state index is -0.439. The van der Waals surface area contributed by atoms with Gasteiger partial charge in [0, 0.05) is 15.5 Å². The third kappa shape index (κ3) is 4.60. The summed E-state index contributed by atoms with van der Waals surface area (Å²) in [7, 11) is 1.33. The van der Waals surface area contributed by atoms with Gasteiger partial charge < -0.3 is 15.4 Å². The number of hydrogen-bond donors (Lipinski definition) is 2. The lowest BCUT2D eigenvalue weighted by atomic mass is 10.1. The summed E-state index contributed by atoms with van der Waals surface area (Å²) in [6.07, 6.45) is 0. The molecular formula is C18H22ClN2O3S+. The van der Waals surface area contributed by atoms with Crippen LogP contribution in [-0.4, -0.2) is 25.5 Å². The second-order valence-electron chi connectivity index (χ2n) is 5.78. The smallest absolute Gasteiger partial charge is 0.341 e. The van der Waals surface area contributed by atoms with Crippen LogP contribution >= 0.6 is 22.9 Å². The number of hydrogen-bond acceptors (Lipinski definition) is 4. The lowest BCUT2D eigenvalue weighted by Crippen LogP contribution is -2.86. The molecule has 3 N–H and O–H groups in total. The van der Waals surface area contributed by atoms with Crippen molar-refractivity contribution in [2.24, 2.45) is 0 Å². The molecule has 0 saturated heterocycles. The van der Waals surface area contributed by atoms with Gasteiger partial charge in [-0.3, -0.25) is 4.79 Å². The minimum absolute atomic E-state index is 0.0475. The number of halogens is 1. The van der Waals surface area contributed by atoms with Gasteiger partial charge in [0.25, 0.3) is 5.91 Å². The number of anilines is 1. The van der Waals surface area contributed by atoms with Crippen molar-refractivity contribution in [3.63, 3.8) is 0 Å². The van der Waals surface area contributed by atoms with Crippen LogP contribution in [0.4, 0.5) is 5.00 Å². The van der Waals surface area contributed by atoms with Crippen molar-refractivity contribution in [3.8, 4) is 0 Å². The zero-order valence-electron chi connectivity index (χ0n) is 14.7. The molecule has 1 amide bonds. The fourth-order valence-corrected chi connectivity index (χ4v) is 3.87. The van der Waals surface area contributed by atoms with Gasteiger partial charge in [0.1, 0.15) is 11.0 Å². The summed E-state index contributed by atoms with van der Waals surface area (Å²) in [5.74, 6) is -0.615. The lowest BCUT2D eigenvalue weighted by Gasteiger charge is -2.12. The van der Waals surface area contributed by atoms with Crippen molar-refractivity contribution < 1.29 is 19.6 Å². The Morgan fingerprint density at radius 1 is 1.32 bits per heavy atom. The van der Waals surface area contributed by atoms with Gasteiger partial charge in [0.05, 0.1) is 12.7 Å². The molecule has 0 bridgehead atoms. The number of thiophene rings is 1. The first-order chi connectivity index (χ1) is 11.8. The fourth-order valence-electron chi connectivity index (χ4n) is 2.50. The Morgan fingerprint density at radius 3 is 2.64 bits per heavy atom. The normalized spacial score (nSPS) is 11.9. The highest BCUT2D eigenvalue weighted by Crippen LogP contribution is 2.32. The maximum Gasteiger partial charge on any atom is 0.341 e. The van der Waals surface area contributed by atoms with Gasteiger partial charge >= 0.3 is 5.97 Å². The zero-order valence-corrected chi connectivity index (χ0v) is 16.3. The van der Waals surface area contributed by atoms with E-state index in [-0.39, 0.29) is 18.5 Å². The monoisotopic (exact) mass is 381 g/mol. The van der Waals surface area contributed by atoms with Crippen LogP contribution in [0.1, 0.15) is 39.3 Å². The van der Waals surface area contributed by atoms with Crippen molar-refractivity contribution in [1.29, 1.82) is 0 Å². The zero-order chi connectivity index (χ0) is 18.6. The first-order valence-corrected chi connectivity index (χ1v) is 9.10. The van der Waals surface area contributed by atoms with Crippen molar-refractivity contribution in [2.45, 2.75) is 26.8 Å². The average Bonchev–Trinajstić information content (AvgIpc) is 2.86. The highest BCUT2D eigenvalue weighted by Gasteiger charge is 2.22. The molecule has 2 aromatic rings. The van der Waals surface area contributed by atoms with Crippen molar-refractivity contribution in [1.82, 2.24) is 0 Å². The van der Waals surface area contributed by atoms with E-state index in [2.05, 4.69) is 5.32 Å². The predicted molar refractivity (Wildman–Crippen MR) is 100 cm³/mol. The van der Waals surface area contributed by atoms with Crippen LogP contribution in [0.15, 0.2) is 24.3 Å². The van der Waals surface area contributed by atoms with E-state index in [4.69, 9.17) is 16.3 Å². The molecule has 0 fully saturated rings. The Morgan fingerprint density at radius 2 is 2.00 bits per heavy atom. The molecule has 1 atom stereocenters. The molecule has 0 aliphatic rings. The second-order valence-corrected chi connectivity index (χ2v) is 7.41. The van der Waals surface area contributed by atoms with Gasteiger partial charge in [-0.2, -0.15) is 0 Å². The molecular weight excluding hydrogens is 360 g/mol. The van der Waals surface area contributed by atoms with Crippen LogP contribution in [0.2, 0.25) is 5.02 Å². The van der Waals surface area contributed by atoms with E-state index in [1.165, 1.54) is 18.4 Å². The topological polar surface area (TPSA) is 72.0 Å². The van der Waals surface area contributed by atoms with Crippen LogP contribution < -0.4 is 10.6 Å². The highest BCUT2D eigenvalue weighted by molar-refractivity contribution is 7.16. The number of amides is 1. The number of nitrogens with one attached hydrogen (secondary N) is 1. The number of nitrogens with two attached hydrogens (primary N) is 1. The van der Waals surface area contributed by atoms with E-state index in [0.717, 1.165) is 16.0 Å².